The van der Waals surface area contributed by atoms with Crippen molar-refractivity contribution in [1.29, 1.82) is 0 Å². The molecular weight excluding hydrogens is 272 g/mol. The zero-order valence-electron chi connectivity index (χ0n) is 11.1. The minimum atomic E-state index is -0.380. The number of nitrogens with zero attached hydrogens (tertiary/aromatic N) is 3. The Morgan fingerprint density at radius 1 is 1.25 bits per heavy atom. The van der Waals surface area contributed by atoms with E-state index >= 15 is 0 Å². The summed E-state index contributed by atoms with van der Waals surface area (Å²) >= 11 is 6.20. The van der Waals surface area contributed by atoms with Crippen LogP contribution in [-0.2, 0) is 6.54 Å². The lowest BCUT2D eigenvalue weighted by molar-refractivity contribution is 0.597. The first-order valence-electron chi connectivity index (χ1n) is 6.53. The van der Waals surface area contributed by atoms with Gasteiger partial charge in [0.2, 0.25) is 0 Å². The summed E-state index contributed by atoms with van der Waals surface area (Å²) in [5, 5.41) is 5.89. The van der Waals surface area contributed by atoms with Gasteiger partial charge >= 0.3 is 0 Å². The van der Waals surface area contributed by atoms with Gasteiger partial charge in [0.05, 0.1) is 34.2 Å². The molecule has 4 nitrogen and oxygen atoms in total. The normalized spacial score (nSPS) is 12.8. The van der Waals surface area contributed by atoms with Crippen LogP contribution in [0.2, 0.25) is 5.02 Å². The lowest BCUT2D eigenvalue weighted by Crippen LogP contribution is -2.18. The van der Waals surface area contributed by atoms with Gasteiger partial charge in [-0.05, 0) is 19.1 Å². The van der Waals surface area contributed by atoms with Crippen molar-refractivity contribution < 1.29 is 0 Å². The van der Waals surface area contributed by atoms with E-state index in [0.717, 1.165) is 28.8 Å². The molecule has 0 saturated heterocycles. The fourth-order valence-corrected chi connectivity index (χ4v) is 2.59. The van der Waals surface area contributed by atoms with Gasteiger partial charge in [0.1, 0.15) is 0 Å². The van der Waals surface area contributed by atoms with E-state index in [1.807, 2.05) is 48.0 Å². The molecule has 1 unspecified atom stereocenters. The standard InChI is InChI=1S/C15H15ClN4/c1-2-20-15(11(16)9-18-20)14(17)13-8-7-10-5-3-4-6-12(10)19-13/h3-9,14H,2,17H2,1H3. The van der Waals surface area contributed by atoms with Crippen molar-refractivity contribution in [3.63, 3.8) is 0 Å². The minimum Gasteiger partial charge on any atom is -0.318 e. The molecule has 2 heterocycles. The van der Waals surface area contributed by atoms with Crippen LogP contribution in [-0.4, -0.2) is 14.8 Å². The van der Waals surface area contributed by atoms with Crippen LogP contribution in [0.1, 0.15) is 24.4 Å². The first-order valence-corrected chi connectivity index (χ1v) is 6.91. The van der Waals surface area contributed by atoms with Crippen molar-refractivity contribution in [3.05, 3.63) is 59.0 Å². The van der Waals surface area contributed by atoms with E-state index in [4.69, 9.17) is 17.3 Å². The molecule has 0 spiro atoms. The lowest BCUT2D eigenvalue weighted by Gasteiger charge is -2.14. The van der Waals surface area contributed by atoms with E-state index in [-0.39, 0.29) is 6.04 Å². The number of halogens is 1. The first kappa shape index (κ1) is 13.1. The maximum absolute atomic E-state index is 6.32. The summed E-state index contributed by atoms with van der Waals surface area (Å²) in [6.45, 7) is 2.73. The second-order valence-corrected chi connectivity index (χ2v) is 5.01. The summed E-state index contributed by atoms with van der Waals surface area (Å²) in [5.41, 5.74) is 8.85. The topological polar surface area (TPSA) is 56.7 Å². The molecule has 20 heavy (non-hydrogen) atoms. The van der Waals surface area contributed by atoms with Crippen LogP contribution in [0.15, 0.2) is 42.6 Å². The summed E-state index contributed by atoms with van der Waals surface area (Å²) < 4.78 is 1.81. The van der Waals surface area contributed by atoms with Crippen molar-refractivity contribution in [2.24, 2.45) is 5.73 Å². The highest BCUT2D eigenvalue weighted by molar-refractivity contribution is 6.31. The molecule has 3 aromatic rings. The third-order valence-electron chi connectivity index (χ3n) is 3.37. The fraction of sp³-hybridized carbons (Fsp3) is 0.200. The molecule has 102 valence electrons. The average molecular weight is 287 g/mol. The Balaban J connectivity index is 2.07. The van der Waals surface area contributed by atoms with Crippen LogP contribution < -0.4 is 5.73 Å². The number of hydrogen-bond acceptors (Lipinski definition) is 3. The fourth-order valence-electron chi connectivity index (χ4n) is 2.33. The molecule has 1 aromatic carbocycles. The molecule has 0 fully saturated rings. The number of rotatable bonds is 3. The number of nitrogens with two attached hydrogens (primary N) is 1. The molecule has 0 bridgehead atoms. The van der Waals surface area contributed by atoms with Crippen LogP contribution in [0.25, 0.3) is 10.9 Å². The van der Waals surface area contributed by atoms with Crippen LogP contribution >= 0.6 is 11.6 Å². The van der Waals surface area contributed by atoms with Crippen LogP contribution in [0.5, 0.6) is 0 Å². The number of fused-ring (bicyclic) bond motifs is 1. The van der Waals surface area contributed by atoms with Gasteiger partial charge < -0.3 is 5.73 Å². The molecule has 2 aromatic heterocycles. The molecule has 1 atom stereocenters. The predicted octanol–water partition coefficient (Wildman–Crippen LogP) is 3.15. The Morgan fingerprint density at radius 3 is 2.85 bits per heavy atom. The van der Waals surface area contributed by atoms with Gasteiger partial charge in [0.25, 0.3) is 0 Å². The van der Waals surface area contributed by atoms with Gasteiger partial charge in [-0.15, -0.1) is 0 Å². The van der Waals surface area contributed by atoms with Crippen molar-refractivity contribution in [1.82, 2.24) is 14.8 Å². The molecule has 2 N–H and O–H groups in total. The molecule has 0 amide bonds. The molecule has 5 heteroatoms. The minimum absolute atomic E-state index is 0.380. The van der Waals surface area contributed by atoms with E-state index in [9.17, 15) is 0 Å². The summed E-state index contributed by atoms with van der Waals surface area (Å²) in [7, 11) is 0. The second kappa shape index (κ2) is 5.23. The molecule has 0 radical (unpaired) electrons. The van der Waals surface area contributed by atoms with E-state index < -0.39 is 0 Å². The maximum Gasteiger partial charge on any atom is 0.0912 e. The van der Waals surface area contributed by atoms with Crippen molar-refractivity contribution in [3.8, 4) is 0 Å². The average Bonchev–Trinajstić information content (AvgIpc) is 2.87. The van der Waals surface area contributed by atoms with E-state index in [1.165, 1.54) is 0 Å². The van der Waals surface area contributed by atoms with Gasteiger partial charge in [-0.2, -0.15) is 5.10 Å². The largest absolute Gasteiger partial charge is 0.318 e. The lowest BCUT2D eigenvalue weighted by atomic mass is 10.1. The van der Waals surface area contributed by atoms with Crippen LogP contribution in [0.4, 0.5) is 0 Å². The van der Waals surface area contributed by atoms with E-state index in [1.54, 1.807) is 6.20 Å². The van der Waals surface area contributed by atoms with Crippen molar-refractivity contribution in [2.45, 2.75) is 19.5 Å². The number of pyridine rings is 1. The third kappa shape index (κ3) is 2.17. The first-order chi connectivity index (χ1) is 9.70. The smallest absolute Gasteiger partial charge is 0.0912 e. The zero-order chi connectivity index (χ0) is 14.1. The van der Waals surface area contributed by atoms with E-state index in [0.29, 0.717) is 5.02 Å². The van der Waals surface area contributed by atoms with Crippen LogP contribution in [0.3, 0.4) is 0 Å². The van der Waals surface area contributed by atoms with Gasteiger partial charge in [-0.1, -0.05) is 35.9 Å². The molecular formula is C15H15ClN4. The predicted molar refractivity (Wildman–Crippen MR) is 80.7 cm³/mol. The highest BCUT2D eigenvalue weighted by Gasteiger charge is 2.19. The summed E-state index contributed by atoms with van der Waals surface area (Å²) in [4.78, 5) is 4.62. The highest BCUT2D eigenvalue weighted by atomic mass is 35.5. The van der Waals surface area contributed by atoms with Gasteiger partial charge in [0.15, 0.2) is 0 Å². The Hall–Kier alpha value is -1.91. The highest BCUT2D eigenvalue weighted by Crippen LogP contribution is 2.26. The zero-order valence-corrected chi connectivity index (χ0v) is 11.9. The van der Waals surface area contributed by atoms with Crippen molar-refractivity contribution >= 4 is 22.5 Å². The van der Waals surface area contributed by atoms with Gasteiger partial charge in [0, 0.05) is 11.9 Å². The number of aryl methyl sites for hydroxylation is 1. The van der Waals surface area contributed by atoms with E-state index in [2.05, 4.69) is 10.1 Å². The summed E-state index contributed by atoms with van der Waals surface area (Å²) in [6.07, 6.45) is 1.63. The molecule has 0 aliphatic rings. The molecule has 0 aliphatic heterocycles. The SMILES string of the molecule is CCn1ncc(Cl)c1C(N)c1ccc2ccccc2n1. The molecule has 3 rings (SSSR count). The number of para-hydroxylation sites is 1. The van der Waals surface area contributed by atoms with Crippen LogP contribution in [0, 0.1) is 0 Å². The van der Waals surface area contributed by atoms with Gasteiger partial charge in [-0.3, -0.25) is 9.67 Å². The maximum atomic E-state index is 6.32. The Morgan fingerprint density at radius 2 is 2.05 bits per heavy atom. The van der Waals surface area contributed by atoms with Gasteiger partial charge in [-0.25, -0.2) is 0 Å². The number of benzene rings is 1. The molecule has 0 aliphatic carbocycles. The molecule has 0 saturated carbocycles. The summed E-state index contributed by atoms with van der Waals surface area (Å²) in [6, 6.07) is 11.6. The monoisotopic (exact) mass is 286 g/mol. The quantitative estimate of drug-likeness (QED) is 0.805. The Kier molecular flexibility index (Phi) is 3.42. The Bertz CT molecular complexity index is 750. The van der Waals surface area contributed by atoms with Crippen molar-refractivity contribution in [2.75, 3.05) is 0 Å². The third-order valence-corrected chi connectivity index (χ3v) is 3.66. The number of aromatic nitrogens is 3. The number of hydrogen-bond donors (Lipinski definition) is 1. The summed E-state index contributed by atoms with van der Waals surface area (Å²) in [5.74, 6) is 0. The second-order valence-electron chi connectivity index (χ2n) is 4.60. The Labute approximate surface area is 122 Å².